The predicted molar refractivity (Wildman–Crippen MR) is 109 cm³/mol. The van der Waals surface area contributed by atoms with Gasteiger partial charge in [0.05, 0.1) is 11.9 Å². The van der Waals surface area contributed by atoms with Gasteiger partial charge in [-0.05, 0) is 50.0 Å². The zero-order valence-electron chi connectivity index (χ0n) is 16.6. The minimum atomic E-state index is -3.87. The number of fused-ring (bicyclic) bond motifs is 1. The Hall–Kier alpha value is -2.63. The largest absolute Gasteiger partial charge is 0.367 e. The summed E-state index contributed by atoms with van der Waals surface area (Å²) in [6.45, 7) is 1.63. The first-order valence-electron chi connectivity index (χ1n) is 9.73. The Bertz CT molecular complexity index is 1110. The number of halogens is 3. The number of carbonyl (C=O) groups is 1. The lowest BCUT2D eigenvalue weighted by Crippen LogP contribution is -2.52. The average molecular weight is 454 g/mol. The Labute approximate surface area is 177 Å². The zero-order chi connectivity index (χ0) is 22.3. The van der Waals surface area contributed by atoms with Crippen LogP contribution in [0.4, 0.5) is 24.5 Å². The third-order valence-electron chi connectivity index (χ3n) is 5.67. The highest BCUT2D eigenvalue weighted by Crippen LogP contribution is 2.36. The van der Waals surface area contributed by atoms with Gasteiger partial charge in [0.25, 0.3) is 5.91 Å². The Balaban J connectivity index is 1.61. The van der Waals surface area contributed by atoms with E-state index in [1.807, 2.05) is 0 Å². The van der Waals surface area contributed by atoms with Crippen molar-refractivity contribution in [2.75, 3.05) is 30.8 Å². The summed E-state index contributed by atoms with van der Waals surface area (Å²) in [7, 11) is -2.37. The number of carbonyl (C=O) groups excluding carboxylic acids is 1. The van der Waals surface area contributed by atoms with E-state index in [0.717, 1.165) is 25.9 Å². The average Bonchev–Trinajstić information content (AvgIpc) is 2.75. The molecule has 1 amide bonds. The second-order valence-electron chi connectivity index (χ2n) is 7.62. The molecular weight excluding hydrogens is 433 g/mol. The van der Waals surface area contributed by atoms with Gasteiger partial charge in [0, 0.05) is 30.4 Å². The molecule has 0 radical (unpaired) electrons. The van der Waals surface area contributed by atoms with Crippen LogP contribution in [0.1, 0.15) is 23.2 Å². The van der Waals surface area contributed by atoms with Crippen LogP contribution in [0.5, 0.6) is 0 Å². The van der Waals surface area contributed by atoms with Crippen LogP contribution in [-0.4, -0.2) is 44.9 Å². The number of hydrogen-bond donors (Lipinski definition) is 3. The number of anilines is 2. The summed E-state index contributed by atoms with van der Waals surface area (Å²) in [5.41, 5.74) is 0.0724. The number of nitrogens with one attached hydrogen (secondary N) is 3. The van der Waals surface area contributed by atoms with E-state index in [2.05, 4.69) is 16.0 Å². The first kappa shape index (κ1) is 21.6. The summed E-state index contributed by atoms with van der Waals surface area (Å²) >= 11 is 0. The van der Waals surface area contributed by atoms with E-state index in [4.69, 9.17) is 0 Å². The van der Waals surface area contributed by atoms with Crippen LogP contribution in [0.2, 0.25) is 0 Å². The number of amides is 1. The van der Waals surface area contributed by atoms with E-state index in [9.17, 15) is 26.4 Å². The third-order valence-corrected chi connectivity index (χ3v) is 7.55. The van der Waals surface area contributed by atoms with Gasteiger partial charge in [-0.25, -0.2) is 21.6 Å². The highest BCUT2D eigenvalue weighted by molar-refractivity contribution is 7.89. The molecule has 2 aliphatic rings. The van der Waals surface area contributed by atoms with Crippen LogP contribution >= 0.6 is 0 Å². The van der Waals surface area contributed by atoms with E-state index < -0.39 is 39.5 Å². The monoisotopic (exact) mass is 454 g/mol. The van der Waals surface area contributed by atoms with Crippen LogP contribution in [0.25, 0.3) is 0 Å². The maximum atomic E-state index is 13.4. The van der Waals surface area contributed by atoms with Crippen molar-refractivity contribution in [3.05, 3.63) is 53.3 Å². The topological polar surface area (TPSA) is 90.5 Å². The van der Waals surface area contributed by atoms with Crippen molar-refractivity contribution in [2.45, 2.75) is 23.9 Å². The van der Waals surface area contributed by atoms with E-state index in [0.29, 0.717) is 17.8 Å². The van der Waals surface area contributed by atoms with E-state index in [1.54, 1.807) is 0 Å². The van der Waals surface area contributed by atoms with Gasteiger partial charge >= 0.3 is 0 Å². The molecule has 31 heavy (non-hydrogen) atoms. The molecule has 4 rings (SSSR count). The normalized spacial score (nSPS) is 21.2. The molecule has 2 heterocycles. The van der Waals surface area contributed by atoms with Crippen molar-refractivity contribution in [3.63, 3.8) is 0 Å². The number of hydrogen-bond acceptors (Lipinski definition) is 5. The SMILES string of the molecule is CN1C(C2CCNCC2)Nc2ccc(C(=O)Nc3cc(F)c(F)c(F)c3)cc2S1(=O)=O. The van der Waals surface area contributed by atoms with Crippen molar-refractivity contribution in [3.8, 4) is 0 Å². The summed E-state index contributed by atoms with van der Waals surface area (Å²) in [5.74, 6) is -5.18. The third kappa shape index (κ3) is 4.00. The minimum Gasteiger partial charge on any atom is -0.367 e. The highest BCUT2D eigenvalue weighted by Gasteiger charge is 2.40. The van der Waals surface area contributed by atoms with Gasteiger partial charge in [-0.2, -0.15) is 4.31 Å². The van der Waals surface area contributed by atoms with Crippen molar-refractivity contribution in [1.29, 1.82) is 0 Å². The number of nitrogens with zero attached hydrogens (tertiary/aromatic N) is 1. The zero-order valence-corrected chi connectivity index (χ0v) is 17.4. The lowest BCUT2D eigenvalue weighted by Gasteiger charge is -2.40. The molecule has 0 bridgehead atoms. The van der Waals surface area contributed by atoms with Gasteiger partial charge in [-0.3, -0.25) is 4.79 Å². The summed E-state index contributed by atoms with van der Waals surface area (Å²) in [6.07, 6.45) is 1.26. The van der Waals surface area contributed by atoms with Crippen LogP contribution in [0.15, 0.2) is 35.2 Å². The molecule has 0 saturated carbocycles. The molecule has 1 atom stereocenters. The van der Waals surface area contributed by atoms with Gasteiger partial charge in [0.2, 0.25) is 10.0 Å². The molecule has 1 fully saturated rings. The maximum absolute atomic E-state index is 13.4. The van der Waals surface area contributed by atoms with Gasteiger partial charge in [0.15, 0.2) is 17.5 Å². The van der Waals surface area contributed by atoms with Crippen molar-refractivity contribution < 1.29 is 26.4 Å². The molecule has 2 aromatic carbocycles. The lowest BCUT2D eigenvalue weighted by atomic mass is 9.94. The van der Waals surface area contributed by atoms with E-state index >= 15 is 0 Å². The minimum absolute atomic E-state index is 0.0250. The molecular formula is C20H21F3N4O3S. The van der Waals surface area contributed by atoms with Gasteiger partial charge in [-0.15, -0.1) is 0 Å². The number of benzene rings is 2. The molecule has 11 heteroatoms. The van der Waals surface area contributed by atoms with Gasteiger partial charge in [0.1, 0.15) is 4.90 Å². The van der Waals surface area contributed by atoms with Gasteiger partial charge < -0.3 is 16.0 Å². The summed E-state index contributed by atoms with van der Waals surface area (Å²) < 4.78 is 67.4. The van der Waals surface area contributed by atoms with Crippen LogP contribution < -0.4 is 16.0 Å². The molecule has 0 aromatic heterocycles. The smallest absolute Gasteiger partial charge is 0.255 e. The maximum Gasteiger partial charge on any atom is 0.255 e. The number of rotatable bonds is 3. The fraction of sp³-hybridized carbons (Fsp3) is 0.350. The highest BCUT2D eigenvalue weighted by atomic mass is 32.2. The summed E-state index contributed by atoms with van der Waals surface area (Å²) in [5, 5.41) is 8.76. The molecule has 2 aliphatic heterocycles. The molecule has 1 saturated heterocycles. The number of piperidine rings is 1. The van der Waals surface area contributed by atoms with E-state index in [1.165, 1.54) is 29.6 Å². The summed E-state index contributed by atoms with van der Waals surface area (Å²) in [4.78, 5) is 12.5. The number of sulfonamides is 1. The summed E-state index contributed by atoms with van der Waals surface area (Å²) in [6, 6.07) is 5.40. The van der Waals surface area contributed by atoms with Gasteiger partial charge in [-0.1, -0.05) is 0 Å². The second kappa shape index (κ2) is 8.13. The van der Waals surface area contributed by atoms with Crippen LogP contribution in [-0.2, 0) is 10.0 Å². The predicted octanol–water partition coefficient (Wildman–Crippen LogP) is 2.73. The first-order valence-corrected chi connectivity index (χ1v) is 11.2. The standard InChI is InChI=1S/C20H21F3N4O3S/c1-27-19(11-4-6-24-7-5-11)26-16-3-2-12(8-17(16)31(27,29)30)20(28)25-13-9-14(21)18(23)15(22)10-13/h2-3,8-11,19,24,26H,4-7H2,1H3,(H,25,28). The lowest BCUT2D eigenvalue weighted by molar-refractivity contribution is 0.102. The Morgan fingerprint density at radius 1 is 1.10 bits per heavy atom. The molecule has 7 nitrogen and oxygen atoms in total. The van der Waals surface area contributed by atoms with Crippen molar-refractivity contribution in [1.82, 2.24) is 9.62 Å². The molecule has 0 spiro atoms. The Morgan fingerprint density at radius 2 is 1.74 bits per heavy atom. The van der Waals surface area contributed by atoms with Crippen molar-refractivity contribution in [2.24, 2.45) is 5.92 Å². The fourth-order valence-electron chi connectivity index (χ4n) is 3.96. The van der Waals surface area contributed by atoms with Crippen LogP contribution in [0, 0.1) is 23.4 Å². The molecule has 2 aromatic rings. The first-order chi connectivity index (χ1) is 14.7. The fourth-order valence-corrected chi connectivity index (χ4v) is 5.47. The van der Waals surface area contributed by atoms with Crippen molar-refractivity contribution >= 4 is 27.3 Å². The molecule has 166 valence electrons. The molecule has 3 N–H and O–H groups in total. The second-order valence-corrected chi connectivity index (χ2v) is 9.58. The Morgan fingerprint density at radius 3 is 2.39 bits per heavy atom. The van der Waals surface area contributed by atoms with E-state index in [-0.39, 0.29) is 22.1 Å². The molecule has 0 aliphatic carbocycles. The quantitative estimate of drug-likeness (QED) is 0.621. The molecule has 1 unspecified atom stereocenters. The van der Waals surface area contributed by atoms with Crippen LogP contribution in [0.3, 0.4) is 0 Å². The Kier molecular flexibility index (Phi) is 5.67.